The van der Waals surface area contributed by atoms with Crippen molar-refractivity contribution < 1.29 is 14.7 Å². The van der Waals surface area contributed by atoms with Gasteiger partial charge in [-0.25, -0.2) is 4.79 Å². The molecule has 1 aliphatic heterocycles. The van der Waals surface area contributed by atoms with Crippen molar-refractivity contribution in [2.45, 2.75) is 25.3 Å². The molecule has 2 aromatic rings. The summed E-state index contributed by atoms with van der Waals surface area (Å²) in [5.74, 6) is -1.10. The van der Waals surface area contributed by atoms with E-state index in [0.717, 1.165) is 23.7 Å². The second-order valence-electron chi connectivity index (χ2n) is 5.51. The average molecular weight is 286 g/mol. The van der Waals surface area contributed by atoms with Crippen molar-refractivity contribution in [2.75, 3.05) is 6.54 Å². The monoisotopic (exact) mass is 286 g/mol. The van der Waals surface area contributed by atoms with Crippen molar-refractivity contribution in [3.8, 4) is 0 Å². The Morgan fingerprint density at radius 1 is 1.24 bits per heavy atom. The molecular formula is C16H18N2O3. The van der Waals surface area contributed by atoms with Crippen LogP contribution in [0.2, 0.25) is 0 Å². The lowest BCUT2D eigenvalue weighted by Crippen LogP contribution is -2.48. The highest BCUT2D eigenvalue weighted by Crippen LogP contribution is 2.25. The van der Waals surface area contributed by atoms with Gasteiger partial charge in [-0.2, -0.15) is 0 Å². The van der Waals surface area contributed by atoms with E-state index in [-0.39, 0.29) is 5.91 Å². The van der Waals surface area contributed by atoms with Gasteiger partial charge in [0, 0.05) is 36.3 Å². The molecule has 5 nitrogen and oxygen atoms in total. The number of aromatic nitrogens is 1. The van der Waals surface area contributed by atoms with Crippen LogP contribution in [-0.4, -0.2) is 39.0 Å². The number of amides is 1. The number of nitrogens with zero attached hydrogens (tertiary/aromatic N) is 2. The van der Waals surface area contributed by atoms with Gasteiger partial charge in [-0.15, -0.1) is 0 Å². The molecule has 21 heavy (non-hydrogen) atoms. The third-order valence-corrected chi connectivity index (χ3v) is 4.21. The van der Waals surface area contributed by atoms with Crippen LogP contribution >= 0.6 is 0 Å². The molecule has 0 unspecified atom stereocenters. The SMILES string of the molecule is Cn1ccc2c(C(=O)N3CCCC[C@@H]3C(=O)O)cccc21. The zero-order valence-electron chi connectivity index (χ0n) is 12.0. The standard InChI is InChI=1S/C16H18N2O3/c1-17-10-8-11-12(5-4-7-13(11)17)15(19)18-9-3-2-6-14(18)16(20)21/h4-5,7-8,10,14H,2-3,6,9H2,1H3,(H,20,21)/t14-/m1/s1. The van der Waals surface area contributed by atoms with Crippen LogP contribution in [0.4, 0.5) is 0 Å². The molecule has 1 atom stereocenters. The fraction of sp³-hybridized carbons (Fsp3) is 0.375. The lowest BCUT2D eigenvalue weighted by molar-refractivity contribution is -0.143. The van der Waals surface area contributed by atoms with E-state index in [0.29, 0.717) is 18.5 Å². The van der Waals surface area contributed by atoms with Gasteiger partial charge in [0.1, 0.15) is 6.04 Å². The van der Waals surface area contributed by atoms with Gasteiger partial charge in [0.2, 0.25) is 0 Å². The Morgan fingerprint density at radius 2 is 2.05 bits per heavy atom. The van der Waals surface area contributed by atoms with Gasteiger partial charge in [0.25, 0.3) is 5.91 Å². The number of carbonyl (C=O) groups excluding carboxylic acids is 1. The quantitative estimate of drug-likeness (QED) is 0.921. The first-order valence-corrected chi connectivity index (χ1v) is 7.17. The number of fused-ring (bicyclic) bond motifs is 1. The van der Waals surface area contributed by atoms with Gasteiger partial charge in [0.05, 0.1) is 0 Å². The molecule has 0 saturated carbocycles. The fourth-order valence-corrected chi connectivity index (χ4v) is 3.07. The van der Waals surface area contributed by atoms with Gasteiger partial charge in [-0.1, -0.05) is 6.07 Å². The van der Waals surface area contributed by atoms with Gasteiger partial charge in [-0.3, -0.25) is 4.79 Å². The maximum Gasteiger partial charge on any atom is 0.326 e. The summed E-state index contributed by atoms with van der Waals surface area (Å²) in [5, 5.41) is 10.2. The number of hydrogen-bond donors (Lipinski definition) is 1. The van der Waals surface area contributed by atoms with Gasteiger partial charge < -0.3 is 14.6 Å². The molecule has 3 rings (SSSR count). The third-order valence-electron chi connectivity index (χ3n) is 4.21. The summed E-state index contributed by atoms with van der Waals surface area (Å²) in [4.78, 5) is 25.7. The number of carbonyl (C=O) groups is 2. The van der Waals surface area contributed by atoms with E-state index in [1.165, 1.54) is 4.90 Å². The summed E-state index contributed by atoms with van der Waals surface area (Å²) >= 11 is 0. The van der Waals surface area contributed by atoms with Crippen LogP contribution < -0.4 is 0 Å². The van der Waals surface area contributed by atoms with Crippen LogP contribution in [-0.2, 0) is 11.8 Å². The molecule has 0 aliphatic carbocycles. The fourth-order valence-electron chi connectivity index (χ4n) is 3.07. The van der Waals surface area contributed by atoms with E-state index in [1.807, 2.05) is 36.0 Å². The summed E-state index contributed by atoms with van der Waals surface area (Å²) in [5.41, 5.74) is 1.56. The Bertz CT molecular complexity index is 705. The number of carboxylic acid groups (broad SMARTS) is 1. The van der Waals surface area contributed by atoms with Crippen molar-refractivity contribution in [3.63, 3.8) is 0 Å². The van der Waals surface area contributed by atoms with Crippen molar-refractivity contribution in [1.82, 2.24) is 9.47 Å². The molecule has 0 radical (unpaired) electrons. The number of aryl methyl sites for hydroxylation is 1. The molecule has 2 heterocycles. The molecule has 1 aliphatic rings. The minimum Gasteiger partial charge on any atom is -0.480 e. The molecule has 5 heteroatoms. The Kier molecular flexibility index (Phi) is 3.41. The molecule has 1 saturated heterocycles. The summed E-state index contributed by atoms with van der Waals surface area (Å²) in [7, 11) is 1.93. The lowest BCUT2D eigenvalue weighted by Gasteiger charge is -2.33. The van der Waals surface area contributed by atoms with Gasteiger partial charge in [0.15, 0.2) is 0 Å². The second-order valence-corrected chi connectivity index (χ2v) is 5.51. The number of piperidine rings is 1. The van der Waals surface area contributed by atoms with E-state index in [2.05, 4.69) is 0 Å². The Hall–Kier alpha value is -2.30. The third kappa shape index (κ3) is 2.28. The Morgan fingerprint density at radius 3 is 2.81 bits per heavy atom. The smallest absolute Gasteiger partial charge is 0.326 e. The minimum atomic E-state index is -0.914. The van der Waals surface area contributed by atoms with Gasteiger partial charge in [-0.05, 0) is 37.5 Å². The highest BCUT2D eigenvalue weighted by molar-refractivity contribution is 6.07. The first-order chi connectivity index (χ1) is 10.1. The van der Waals surface area contributed by atoms with E-state index in [4.69, 9.17) is 0 Å². The first kappa shape index (κ1) is 13.7. The second kappa shape index (κ2) is 5.24. The predicted molar refractivity (Wildman–Crippen MR) is 79.2 cm³/mol. The van der Waals surface area contributed by atoms with Gasteiger partial charge >= 0.3 is 5.97 Å². The Labute approximate surface area is 122 Å². The molecule has 1 N–H and O–H groups in total. The van der Waals surface area contributed by atoms with E-state index in [9.17, 15) is 14.7 Å². The number of rotatable bonds is 2. The van der Waals surface area contributed by atoms with Crippen LogP contribution in [0.25, 0.3) is 10.9 Å². The number of likely N-dealkylation sites (tertiary alicyclic amines) is 1. The zero-order chi connectivity index (χ0) is 15.0. The van der Waals surface area contributed by atoms with Crippen LogP contribution in [0, 0.1) is 0 Å². The molecule has 1 fully saturated rings. The largest absolute Gasteiger partial charge is 0.480 e. The number of benzene rings is 1. The number of aliphatic carboxylic acids is 1. The molecule has 1 amide bonds. The van der Waals surface area contributed by atoms with Crippen LogP contribution in [0.1, 0.15) is 29.6 Å². The molecule has 110 valence electrons. The van der Waals surface area contributed by atoms with Crippen molar-refractivity contribution in [2.24, 2.45) is 7.05 Å². The Balaban J connectivity index is 2.01. The predicted octanol–water partition coefficient (Wildman–Crippen LogP) is 2.26. The van der Waals surface area contributed by atoms with E-state index in [1.54, 1.807) is 6.07 Å². The first-order valence-electron chi connectivity index (χ1n) is 7.17. The summed E-state index contributed by atoms with van der Waals surface area (Å²) in [6.45, 7) is 0.513. The zero-order valence-corrected chi connectivity index (χ0v) is 12.0. The van der Waals surface area contributed by atoms with Crippen LogP contribution in [0.15, 0.2) is 30.5 Å². The highest BCUT2D eigenvalue weighted by atomic mass is 16.4. The molecule has 0 bridgehead atoms. The molecule has 1 aromatic heterocycles. The highest BCUT2D eigenvalue weighted by Gasteiger charge is 2.33. The normalized spacial score (nSPS) is 18.9. The molecular weight excluding hydrogens is 268 g/mol. The maximum atomic E-state index is 12.8. The molecule has 1 aromatic carbocycles. The van der Waals surface area contributed by atoms with Crippen molar-refractivity contribution >= 4 is 22.8 Å². The van der Waals surface area contributed by atoms with E-state index < -0.39 is 12.0 Å². The summed E-state index contributed by atoms with van der Waals surface area (Å²) in [6.07, 6.45) is 4.16. The van der Waals surface area contributed by atoms with E-state index >= 15 is 0 Å². The summed E-state index contributed by atoms with van der Waals surface area (Å²) in [6, 6.07) is 6.78. The van der Waals surface area contributed by atoms with Crippen LogP contribution in [0.5, 0.6) is 0 Å². The topological polar surface area (TPSA) is 62.5 Å². The number of carboxylic acids is 1. The maximum absolute atomic E-state index is 12.8. The minimum absolute atomic E-state index is 0.182. The van der Waals surface area contributed by atoms with Crippen molar-refractivity contribution in [3.05, 3.63) is 36.0 Å². The molecule has 0 spiro atoms. The average Bonchev–Trinajstić information content (AvgIpc) is 2.88. The van der Waals surface area contributed by atoms with Crippen molar-refractivity contribution in [1.29, 1.82) is 0 Å². The number of hydrogen-bond acceptors (Lipinski definition) is 2. The van der Waals surface area contributed by atoms with Crippen LogP contribution in [0.3, 0.4) is 0 Å². The summed E-state index contributed by atoms with van der Waals surface area (Å²) < 4.78 is 1.96. The lowest BCUT2D eigenvalue weighted by atomic mass is 10.00.